The third-order valence-electron chi connectivity index (χ3n) is 4.13. The molecule has 0 saturated carbocycles. The fraction of sp³-hybridized carbons (Fsp3) is 0.350. The van der Waals surface area contributed by atoms with Crippen LogP contribution in [0.2, 0.25) is 0 Å². The number of amides is 1. The van der Waals surface area contributed by atoms with Crippen molar-refractivity contribution in [3.8, 4) is 11.5 Å². The normalized spacial score (nSPS) is 11.9. The third kappa shape index (κ3) is 4.75. The highest BCUT2D eigenvalue weighted by atomic mass is 16.5. The van der Waals surface area contributed by atoms with E-state index in [0.29, 0.717) is 12.3 Å². The third-order valence-corrected chi connectivity index (χ3v) is 4.13. The van der Waals surface area contributed by atoms with Crippen LogP contribution in [0.1, 0.15) is 31.7 Å². The Morgan fingerprint density at radius 1 is 0.917 bits per heavy atom. The minimum atomic E-state index is 0.00897. The van der Waals surface area contributed by atoms with Gasteiger partial charge in [-0.15, -0.1) is 0 Å². The molecule has 1 unspecified atom stereocenters. The van der Waals surface area contributed by atoms with Gasteiger partial charge in [-0.05, 0) is 53.8 Å². The maximum atomic E-state index is 12.4. The molecular formula is C20H25NO3. The molecule has 24 heavy (non-hydrogen) atoms. The topological polar surface area (TPSA) is 47.6 Å². The van der Waals surface area contributed by atoms with Gasteiger partial charge in [-0.25, -0.2) is 0 Å². The van der Waals surface area contributed by atoms with E-state index in [4.69, 9.17) is 9.47 Å². The maximum Gasteiger partial charge on any atom is 0.224 e. The number of methoxy groups -OCH3 is 2. The second-order valence-electron chi connectivity index (χ2n) is 6.10. The Bertz CT molecular complexity index is 648. The highest BCUT2D eigenvalue weighted by Gasteiger charge is 2.20. The Morgan fingerprint density at radius 2 is 1.42 bits per heavy atom. The van der Waals surface area contributed by atoms with E-state index < -0.39 is 0 Å². The van der Waals surface area contributed by atoms with Gasteiger partial charge in [-0.2, -0.15) is 0 Å². The van der Waals surface area contributed by atoms with Gasteiger partial charge in [0.1, 0.15) is 11.5 Å². The number of nitrogens with one attached hydrogen (secondary N) is 1. The number of benzene rings is 2. The zero-order valence-corrected chi connectivity index (χ0v) is 14.7. The largest absolute Gasteiger partial charge is 0.497 e. The molecule has 1 amide bonds. The molecule has 0 aliphatic rings. The van der Waals surface area contributed by atoms with E-state index in [2.05, 4.69) is 19.2 Å². The monoisotopic (exact) mass is 327 g/mol. The minimum Gasteiger partial charge on any atom is -0.497 e. The molecule has 0 aliphatic heterocycles. The number of hydrogen-bond acceptors (Lipinski definition) is 3. The Morgan fingerprint density at radius 3 is 1.88 bits per heavy atom. The van der Waals surface area contributed by atoms with Gasteiger partial charge in [-0.1, -0.05) is 26.0 Å². The Hall–Kier alpha value is -2.49. The summed E-state index contributed by atoms with van der Waals surface area (Å²) in [5, 5.41) is 2.95. The molecule has 0 aromatic heterocycles. The van der Waals surface area contributed by atoms with E-state index in [1.165, 1.54) is 0 Å². The van der Waals surface area contributed by atoms with Crippen LogP contribution in [0.25, 0.3) is 0 Å². The van der Waals surface area contributed by atoms with Crippen molar-refractivity contribution in [2.45, 2.75) is 26.2 Å². The SMILES string of the molecule is COc1ccc(NC(=O)CC(c2ccc(OC)cc2)C(C)C)cc1. The average Bonchev–Trinajstić information content (AvgIpc) is 2.60. The van der Waals surface area contributed by atoms with Crippen molar-refractivity contribution in [2.24, 2.45) is 5.92 Å². The zero-order chi connectivity index (χ0) is 17.5. The lowest BCUT2D eigenvalue weighted by atomic mass is 9.85. The molecule has 0 radical (unpaired) electrons. The van der Waals surface area contributed by atoms with E-state index in [0.717, 1.165) is 22.7 Å². The van der Waals surface area contributed by atoms with Crippen LogP contribution in [0.15, 0.2) is 48.5 Å². The van der Waals surface area contributed by atoms with Crippen LogP contribution >= 0.6 is 0 Å². The number of anilines is 1. The van der Waals surface area contributed by atoms with Gasteiger partial charge in [0, 0.05) is 12.1 Å². The van der Waals surface area contributed by atoms with Gasteiger partial charge >= 0.3 is 0 Å². The van der Waals surface area contributed by atoms with E-state index in [1.807, 2.05) is 48.5 Å². The summed E-state index contributed by atoms with van der Waals surface area (Å²) in [6.45, 7) is 4.27. The molecule has 0 bridgehead atoms. The Balaban J connectivity index is 2.04. The fourth-order valence-electron chi connectivity index (χ4n) is 2.68. The molecule has 0 saturated heterocycles. The van der Waals surface area contributed by atoms with Crippen molar-refractivity contribution in [1.29, 1.82) is 0 Å². The van der Waals surface area contributed by atoms with Crippen LogP contribution in [0.3, 0.4) is 0 Å². The lowest BCUT2D eigenvalue weighted by Crippen LogP contribution is -2.18. The quantitative estimate of drug-likeness (QED) is 0.816. The molecule has 4 nitrogen and oxygen atoms in total. The summed E-state index contributed by atoms with van der Waals surface area (Å²) in [4.78, 5) is 12.4. The van der Waals surface area contributed by atoms with Crippen molar-refractivity contribution in [3.63, 3.8) is 0 Å². The highest BCUT2D eigenvalue weighted by Crippen LogP contribution is 2.29. The molecule has 2 aromatic carbocycles. The van der Waals surface area contributed by atoms with Crippen LogP contribution in [0.5, 0.6) is 11.5 Å². The van der Waals surface area contributed by atoms with Crippen LogP contribution in [0, 0.1) is 5.92 Å². The zero-order valence-electron chi connectivity index (χ0n) is 14.7. The maximum absolute atomic E-state index is 12.4. The number of rotatable bonds is 7. The predicted octanol–water partition coefficient (Wildman–Crippen LogP) is 4.47. The molecule has 1 N–H and O–H groups in total. The second kappa shape index (κ2) is 8.39. The van der Waals surface area contributed by atoms with Gasteiger partial charge in [0.25, 0.3) is 0 Å². The van der Waals surface area contributed by atoms with E-state index in [-0.39, 0.29) is 11.8 Å². The second-order valence-corrected chi connectivity index (χ2v) is 6.10. The molecule has 0 heterocycles. The van der Waals surface area contributed by atoms with Crippen molar-refractivity contribution >= 4 is 11.6 Å². The van der Waals surface area contributed by atoms with E-state index in [9.17, 15) is 4.79 Å². The van der Waals surface area contributed by atoms with Gasteiger partial charge < -0.3 is 14.8 Å². The number of carbonyl (C=O) groups excluding carboxylic acids is 1. The first-order chi connectivity index (χ1) is 11.5. The molecule has 4 heteroatoms. The lowest BCUT2D eigenvalue weighted by Gasteiger charge is -2.21. The van der Waals surface area contributed by atoms with Gasteiger partial charge in [0.2, 0.25) is 5.91 Å². The van der Waals surface area contributed by atoms with Crippen LogP contribution < -0.4 is 14.8 Å². The van der Waals surface area contributed by atoms with E-state index >= 15 is 0 Å². The van der Waals surface area contributed by atoms with Gasteiger partial charge in [-0.3, -0.25) is 4.79 Å². The number of carbonyl (C=O) groups is 1. The molecule has 1 atom stereocenters. The summed E-state index contributed by atoms with van der Waals surface area (Å²) >= 11 is 0. The predicted molar refractivity (Wildman–Crippen MR) is 96.8 cm³/mol. The minimum absolute atomic E-state index is 0.00897. The van der Waals surface area contributed by atoms with Crippen molar-refractivity contribution in [1.82, 2.24) is 0 Å². The summed E-state index contributed by atoms with van der Waals surface area (Å²) in [5.41, 5.74) is 1.92. The van der Waals surface area contributed by atoms with Crippen molar-refractivity contribution < 1.29 is 14.3 Å². The van der Waals surface area contributed by atoms with Crippen LogP contribution in [-0.2, 0) is 4.79 Å². The first-order valence-electron chi connectivity index (χ1n) is 8.11. The van der Waals surface area contributed by atoms with Crippen LogP contribution in [-0.4, -0.2) is 20.1 Å². The summed E-state index contributed by atoms with van der Waals surface area (Å²) < 4.78 is 10.3. The standard InChI is InChI=1S/C20H25NO3/c1-14(2)19(15-5-9-17(23-3)10-6-15)13-20(22)21-16-7-11-18(24-4)12-8-16/h5-12,14,19H,13H2,1-4H3,(H,21,22). The number of hydrogen-bond donors (Lipinski definition) is 1. The first kappa shape index (κ1) is 17.9. The highest BCUT2D eigenvalue weighted by molar-refractivity contribution is 5.91. The summed E-state index contributed by atoms with van der Waals surface area (Å²) in [6.07, 6.45) is 0.441. The van der Waals surface area contributed by atoms with Gasteiger partial charge in [0.05, 0.1) is 14.2 Å². The molecule has 0 fully saturated rings. The molecule has 2 aromatic rings. The first-order valence-corrected chi connectivity index (χ1v) is 8.11. The average molecular weight is 327 g/mol. The molecule has 0 aliphatic carbocycles. The van der Waals surface area contributed by atoms with E-state index in [1.54, 1.807) is 14.2 Å². The summed E-state index contributed by atoms with van der Waals surface area (Å²) in [5.74, 6) is 2.12. The molecule has 128 valence electrons. The Kier molecular flexibility index (Phi) is 6.24. The Labute approximate surface area is 143 Å². The lowest BCUT2D eigenvalue weighted by molar-refractivity contribution is -0.116. The summed E-state index contributed by atoms with van der Waals surface area (Å²) in [7, 11) is 3.27. The number of ether oxygens (including phenoxy) is 2. The fourth-order valence-corrected chi connectivity index (χ4v) is 2.68. The van der Waals surface area contributed by atoms with Crippen molar-refractivity contribution in [2.75, 3.05) is 19.5 Å². The van der Waals surface area contributed by atoms with Crippen LogP contribution in [0.4, 0.5) is 5.69 Å². The smallest absolute Gasteiger partial charge is 0.224 e. The molecule has 0 spiro atoms. The van der Waals surface area contributed by atoms with Crippen molar-refractivity contribution in [3.05, 3.63) is 54.1 Å². The molecular weight excluding hydrogens is 302 g/mol. The molecule has 2 rings (SSSR count). The van der Waals surface area contributed by atoms with Gasteiger partial charge in [0.15, 0.2) is 0 Å². The summed E-state index contributed by atoms with van der Waals surface area (Å²) in [6, 6.07) is 15.3.